The lowest BCUT2D eigenvalue weighted by molar-refractivity contribution is 0.0591. The van der Waals surface area contributed by atoms with Crippen LogP contribution < -0.4 is 0 Å². The Morgan fingerprint density at radius 3 is 2.65 bits per heavy atom. The van der Waals surface area contributed by atoms with Crippen LogP contribution in [0, 0.1) is 0 Å². The number of nitrogens with zero attached hydrogens (tertiary/aromatic N) is 1. The summed E-state index contributed by atoms with van der Waals surface area (Å²) in [5.41, 5.74) is 0.778. The SMILES string of the molecule is COC(=O)c1nc(-c2ccc(Br)c(Cl)c2)sc1C(C)=O. The number of hydrogen-bond donors (Lipinski definition) is 0. The van der Waals surface area contributed by atoms with Gasteiger partial charge in [0.25, 0.3) is 0 Å². The molecule has 2 rings (SSSR count). The second kappa shape index (κ2) is 6.03. The molecule has 0 N–H and O–H groups in total. The Balaban J connectivity index is 2.55. The van der Waals surface area contributed by atoms with Crippen molar-refractivity contribution in [3.63, 3.8) is 0 Å². The standard InChI is InChI=1S/C13H9BrClNO3S/c1-6(17)11-10(13(18)19-2)16-12(20-11)7-3-4-8(14)9(15)5-7/h3-5H,1-2H3. The molecule has 0 aliphatic carbocycles. The third-order valence-electron chi connectivity index (χ3n) is 2.49. The topological polar surface area (TPSA) is 56.3 Å². The maximum Gasteiger partial charge on any atom is 0.358 e. The lowest BCUT2D eigenvalue weighted by Gasteiger charge is -1.99. The first kappa shape index (κ1) is 15.2. The number of thiazole rings is 1. The summed E-state index contributed by atoms with van der Waals surface area (Å²) in [6.07, 6.45) is 0. The maximum absolute atomic E-state index is 11.6. The average Bonchev–Trinajstić information content (AvgIpc) is 2.86. The summed E-state index contributed by atoms with van der Waals surface area (Å²) < 4.78 is 5.40. The van der Waals surface area contributed by atoms with E-state index < -0.39 is 5.97 Å². The van der Waals surface area contributed by atoms with Gasteiger partial charge in [-0.05, 0) is 28.1 Å². The Hall–Kier alpha value is -1.24. The van der Waals surface area contributed by atoms with Gasteiger partial charge in [0.1, 0.15) is 9.88 Å². The molecule has 20 heavy (non-hydrogen) atoms. The van der Waals surface area contributed by atoms with Crippen molar-refractivity contribution in [3.8, 4) is 10.6 Å². The second-order valence-corrected chi connectivity index (χ2v) is 6.13. The molecular formula is C13H9BrClNO3S. The Labute approximate surface area is 132 Å². The molecule has 1 aromatic heterocycles. The summed E-state index contributed by atoms with van der Waals surface area (Å²) >= 11 is 10.5. The van der Waals surface area contributed by atoms with Crippen molar-refractivity contribution < 1.29 is 14.3 Å². The molecule has 0 fully saturated rings. The lowest BCUT2D eigenvalue weighted by Crippen LogP contribution is -2.06. The third-order valence-corrected chi connectivity index (χ3v) is 4.93. The van der Waals surface area contributed by atoms with Gasteiger partial charge < -0.3 is 4.74 Å². The van der Waals surface area contributed by atoms with Gasteiger partial charge in [-0.2, -0.15) is 0 Å². The molecule has 2 aromatic rings. The number of benzene rings is 1. The van der Waals surface area contributed by atoms with Crippen LogP contribution in [0.1, 0.15) is 27.1 Å². The normalized spacial score (nSPS) is 10.4. The largest absolute Gasteiger partial charge is 0.464 e. The molecule has 1 aromatic carbocycles. The Bertz CT molecular complexity index is 699. The van der Waals surface area contributed by atoms with E-state index in [-0.39, 0.29) is 16.4 Å². The van der Waals surface area contributed by atoms with Crippen LogP contribution in [0.5, 0.6) is 0 Å². The summed E-state index contributed by atoms with van der Waals surface area (Å²) in [6, 6.07) is 5.31. The number of hydrogen-bond acceptors (Lipinski definition) is 5. The van der Waals surface area contributed by atoms with E-state index in [4.69, 9.17) is 11.6 Å². The fourth-order valence-electron chi connectivity index (χ4n) is 1.55. The average molecular weight is 375 g/mol. The van der Waals surface area contributed by atoms with Crippen LogP contribution >= 0.6 is 38.9 Å². The third kappa shape index (κ3) is 2.92. The molecule has 1 heterocycles. The first-order valence-electron chi connectivity index (χ1n) is 5.49. The number of Topliss-reactive ketones (excluding diaryl/α,β-unsaturated/α-hetero) is 1. The molecular weight excluding hydrogens is 366 g/mol. The Morgan fingerprint density at radius 1 is 1.40 bits per heavy atom. The maximum atomic E-state index is 11.6. The highest BCUT2D eigenvalue weighted by Crippen LogP contribution is 2.33. The van der Waals surface area contributed by atoms with Gasteiger partial charge >= 0.3 is 5.97 Å². The molecule has 0 saturated heterocycles. The fraction of sp³-hybridized carbons (Fsp3) is 0.154. The minimum Gasteiger partial charge on any atom is -0.464 e. The molecule has 0 spiro atoms. The van der Waals surface area contributed by atoms with Crippen LogP contribution in [0.25, 0.3) is 10.6 Å². The molecule has 0 saturated carbocycles. The van der Waals surface area contributed by atoms with Crippen molar-refractivity contribution in [2.24, 2.45) is 0 Å². The first-order valence-corrected chi connectivity index (χ1v) is 7.48. The van der Waals surface area contributed by atoms with E-state index in [0.717, 1.165) is 21.4 Å². The van der Waals surface area contributed by atoms with Crippen LogP contribution in [0.15, 0.2) is 22.7 Å². The van der Waals surface area contributed by atoms with Crippen LogP contribution in [0.3, 0.4) is 0 Å². The van der Waals surface area contributed by atoms with E-state index in [1.54, 1.807) is 18.2 Å². The number of esters is 1. The molecule has 104 valence electrons. The number of carbonyl (C=O) groups excluding carboxylic acids is 2. The molecule has 0 bridgehead atoms. The summed E-state index contributed by atoms with van der Waals surface area (Å²) in [6.45, 7) is 1.39. The fourth-order valence-corrected chi connectivity index (χ4v) is 2.92. The van der Waals surface area contributed by atoms with Gasteiger partial charge in [-0.25, -0.2) is 9.78 Å². The minimum absolute atomic E-state index is 0.0408. The highest BCUT2D eigenvalue weighted by molar-refractivity contribution is 9.10. The highest BCUT2D eigenvalue weighted by atomic mass is 79.9. The number of carbonyl (C=O) groups is 2. The van der Waals surface area contributed by atoms with Gasteiger partial charge in [0.15, 0.2) is 11.5 Å². The zero-order valence-corrected chi connectivity index (χ0v) is 13.7. The zero-order valence-electron chi connectivity index (χ0n) is 10.6. The van der Waals surface area contributed by atoms with Crippen LogP contribution in [-0.2, 0) is 4.74 Å². The molecule has 0 unspecified atom stereocenters. The molecule has 0 atom stereocenters. The zero-order chi connectivity index (χ0) is 14.9. The van der Waals surface area contributed by atoms with Crippen molar-refractivity contribution in [2.45, 2.75) is 6.92 Å². The summed E-state index contributed by atoms with van der Waals surface area (Å²) in [7, 11) is 1.25. The number of aromatic nitrogens is 1. The van der Waals surface area contributed by atoms with Gasteiger partial charge in [-0.3, -0.25) is 4.79 Å². The van der Waals surface area contributed by atoms with Crippen molar-refractivity contribution in [1.82, 2.24) is 4.98 Å². The van der Waals surface area contributed by atoms with Crippen LogP contribution in [0.2, 0.25) is 5.02 Å². The van der Waals surface area contributed by atoms with Gasteiger partial charge in [0.2, 0.25) is 0 Å². The summed E-state index contributed by atoms with van der Waals surface area (Å²) in [5, 5.41) is 1.08. The van der Waals surface area contributed by atoms with Gasteiger partial charge in [-0.15, -0.1) is 11.3 Å². The molecule has 0 aliphatic rings. The lowest BCUT2D eigenvalue weighted by atomic mass is 10.2. The summed E-state index contributed by atoms with van der Waals surface area (Å²) in [4.78, 5) is 27.7. The van der Waals surface area contributed by atoms with Crippen LogP contribution in [-0.4, -0.2) is 23.8 Å². The van der Waals surface area contributed by atoms with Crippen molar-refractivity contribution >= 4 is 50.6 Å². The van der Waals surface area contributed by atoms with E-state index in [0.29, 0.717) is 10.0 Å². The van der Waals surface area contributed by atoms with E-state index in [1.807, 2.05) is 0 Å². The van der Waals surface area contributed by atoms with Gasteiger partial charge in [0.05, 0.1) is 12.1 Å². The Kier molecular flexibility index (Phi) is 4.57. The van der Waals surface area contributed by atoms with Crippen LogP contribution in [0.4, 0.5) is 0 Å². The number of halogens is 2. The van der Waals surface area contributed by atoms with Crippen molar-refractivity contribution in [3.05, 3.63) is 38.3 Å². The molecule has 0 amide bonds. The van der Waals surface area contributed by atoms with E-state index in [2.05, 4.69) is 25.7 Å². The number of ketones is 1. The molecule has 7 heteroatoms. The summed E-state index contributed by atoms with van der Waals surface area (Å²) in [5.74, 6) is -0.849. The van der Waals surface area contributed by atoms with Crippen molar-refractivity contribution in [1.29, 1.82) is 0 Å². The predicted molar refractivity (Wildman–Crippen MR) is 81.6 cm³/mol. The van der Waals surface area contributed by atoms with Gasteiger partial charge in [-0.1, -0.05) is 17.7 Å². The predicted octanol–water partition coefficient (Wildman–Crippen LogP) is 4.22. The highest BCUT2D eigenvalue weighted by Gasteiger charge is 2.22. The number of rotatable bonds is 3. The quantitative estimate of drug-likeness (QED) is 0.596. The molecule has 0 radical (unpaired) electrons. The van der Waals surface area contributed by atoms with Crippen molar-refractivity contribution in [2.75, 3.05) is 7.11 Å². The number of ether oxygens (including phenoxy) is 1. The van der Waals surface area contributed by atoms with E-state index in [1.165, 1.54) is 14.0 Å². The molecule has 4 nitrogen and oxygen atoms in total. The monoisotopic (exact) mass is 373 g/mol. The molecule has 0 aliphatic heterocycles. The van der Waals surface area contributed by atoms with E-state index in [9.17, 15) is 9.59 Å². The smallest absolute Gasteiger partial charge is 0.358 e. The second-order valence-electron chi connectivity index (χ2n) is 3.87. The minimum atomic E-state index is -0.624. The van der Waals surface area contributed by atoms with E-state index >= 15 is 0 Å². The number of methoxy groups -OCH3 is 1. The first-order chi connectivity index (χ1) is 9.43. The Morgan fingerprint density at radius 2 is 2.10 bits per heavy atom. The van der Waals surface area contributed by atoms with Gasteiger partial charge in [0, 0.05) is 17.0 Å².